The Labute approximate surface area is 141 Å². The molecule has 2 rings (SSSR count). The van der Waals surface area contributed by atoms with E-state index in [0.717, 1.165) is 17.0 Å². The SMILES string of the molecule is Cc1c(C(=O)N(C)C(C)C(=O)O)cnn1-c1cccc(C(F)(F)F)c1. The molecule has 0 aliphatic rings. The standard InChI is InChI=1S/C16H16F3N3O3/c1-9-13(14(23)21(3)10(2)15(24)25)8-20-22(9)12-6-4-5-11(7-12)16(17,18)19/h4-8,10H,1-3H3,(H,24,25). The van der Waals surface area contributed by atoms with Crippen LogP contribution >= 0.6 is 0 Å². The van der Waals surface area contributed by atoms with Gasteiger partial charge in [0.25, 0.3) is 5.91 Å². The van der Waals surface area contributed by atoms with Crippen LogP contribution in [0.4, 0.5) is 13.2 Å². The highest BCUT2D eigenvalue weighted by Crippen LogP contribution is 2.30. The van der Waals surface area contributed by atoms with E-state index in [2.05, 4.69) is 5.10 Å². The van der Waals surface area contributed by atoms with Crippen molar-refractivity contribution in [2.45, 2.75) is 26.1 Å². The Morgan fingerprint density at radius 1 is 1.32 bits per heavy atom. The van der Waals surface area contributed by atoms with Crippen molar-refractivity contribution in [3.63, 3.8) is 0 Å². The number of rotatable bonds is 4. The Balaban J connectivity index is 2.39. The monoisotopic (exact) mass is 355 g/mol. The van der Waals surface area contributed by atoms with Gasteiger partial charge in [0, 0.05) is 7.05 Å². The molecule has 1 atom stereocenters. The number of likely N-dealkylation sites (N-methyl/N-ethyl adjacent to an activating group) is 1. The number of halogens is 3. The molecule has 1 amide bonds. The van der Waals surface area contributed by atoms with Gasteiger partial charge in [-0.2, -0.15) is 18.3 Å². The number of amides is 1. The van der Waals surface area contributed by atoms with E-state index in [9.17, 15) is 22.8 Å². The van der Waals surface area contributed by atoms with Crippen LogP contribution < -0.4 is 0 Å². The zero-order valence-electron chi connectivity index (χ0n) is 13.7. The summed E-state index contributed by atoms with van der Waals surface area (Å²) >= 11 is 0. The van der Waals surface area contributed by atoms with Gasteiger partial charge in [-0.1, -0.05) is 6.07 Å². The number of benzene rings is 1. The molecule has 1 N–H and O–H groups in total. The molecule has 0 fully saturated rings. The third-order valence-electron chi connectivity index (χ3n) is 3.92. The third-order valence-corrected chi connectivity index (χ3v) is 3.92. The lowest BCUT2D eigenvalue weighted by atomic mass is 10.1. The highest BCUT2D eigenvalue weighted by Gasteiger charge is 2.31. The molecule has 0 saturated carbocycles. The summed E-state index contributed by atoms with van der Waals surface area (Å²) < 4.78 is 39.7. The Bertz CT molecular complexity index is 814. The van der Waals surface area contributed by atoms with Crippen LogP contribution in [0.5, 0.6) is 0 Å². The van der Waals surface area contributed by atoms with Crippen LogP contribution in [0.25, 0.3) is 5.69 Å². The second kappa shape index (κ2) is 6.58. The largest absolute Gasteiger partial charge is 0.480 e. The van der Waals surface area contributed by atoms with Gasteiger partial charge in [-0.05, 0) is 32.0 Å². The van der Waals surface area contributed by atoms with Crippen molar-refractivity contribution in [1.82, 2.24) is 14.7 Å². The molecule has 0 saturated heterocycles. The summed E-state index contributed by atoms with van der Waals surface area (Å²) in [6.07, 6.45) is -3.28. The topological polar surface area (TPSA) is 75.4 Å². The molecule has 25 heavy (non-hydrogen) atoms. The zero-order chi connectivity index (χ0) is 18.9. The number of carboxylic acid groups (broad SMARTS) is 1. The first-order valence-corrected chi connectivity index (χ1v) is 7.26. The molecular weight excluding hydrogens is 339 g/mol. The predicted molar refractivity (Wildman–Crippen MR) is 82.5 cm³/mol. The maximum Gasteiger partial charge on any atom is 0.416 e. The lowest BCUT2D eigenvalue weighted by Crippen LogP contribution is -2.40. The first kappa shape index (κ1) is 18.5. The van der Waals surface area contributed by atoms with Gasteiger partial charge in [0.1, 0.15) is 6.04 Å². The number of aromatic nitrogens is 2. The number of carboxylic acids is 1. The summed E-state index contributed by atoms with van der Waals surface area (Å²) in [7, 11) is 1.34. The number of hydrogen-bond acceptors (Lipinski definition) is 3. The van der Waals surface area contributed by atoms with Crippen LogP contribution in [-0.2, 0) is 11.0 Å². The molecular formula is C16H16F3N3O3. The quantitative estimate of drug-likeness (QED) is 0.915. The molecule has 9 heteroatoms. The van der Waals surface area contributed by atoms with Gasteiger partial charge in [-0.25, -0.2) is 9.48 Å². The highest BCUT2D eigenvalue weighted by molar-refractivity contribution is 5.97. The molecule has 0 spiro atoms. The van der Waals surface area contributed by atoms with Gasteiger partial charge in [-0.3, -0.25) is 4.79 Å². The number of carbonyl (C=O) groups is 2. The van der Waals surface area contributed by atoms with E-state index in [1.54, 1.807) is 0 Å². The fourth-order valence-corrected chi connectivity index (χ4v) is 2.23. The second-order valence-electron chi connectivity index (χ2n) is 5.53. The van der Waals surface area contributed by atoms with Crippen molar-refractivity contribution < 1.29 is 27.9 Å². The zero-order valence-corrected chi connectivity index (χ0v) is 13.7. The van der Waals surface area contributed by atoms with E-state index in [0.29, 0.717) is 5.69 Å². The average molecular weight is 355 g/mol. The van der Waals surface area contributed by atoms with E-state index in [-0.39, 0.29) is 11.3 Å². The van der Waals surface area contributed by atoms with Crippen molar-refractivity contribution in [1.29, 1.82) is 0 Å². The highest BCUT2D eigenvalue weighted by atomic mass is 19.4. The van der Waals surface area contributed by atoms with Gasteiger partial charge in [0.2, 0.25) is 0 Å². The van der Waals surface area contributed by atoms with Crippen LogP contribution in [0, 0.1) is 6.92 Å². The summed E-state index contributed by atoms with van der Waals surface area (Å²) in [6.45, 7) is 2.88. The molecule has 0 aliphatic carbocycles. The number of aliphatic carboxylic acids is 1. The fraction of sp³-hybridized carbons (Fsp3) is 0.312. The summed E-state index contributed by atoms with van der Waals surface area (Å²) in [5.41, 5.74) is -0.244. The third kappa shape index (κ3) is 3.65. The summed E-state index contributed by atoms with van der Waals surface area (Å²) in [5, 5.41) is 13.0. The average Bonchev–Trinajstić information content (AvgIpc) is 2.93. The predicted octanol–water partition coefficient (Wildman–Crippen LogP) is 2.74. The Hall–Kier alpha value is -2.84. The summed E-state index contributed by atoms with van der Waals surface area (Å²) in [5.74, 6) is -1.75. The minimum absolute atomic E-state index is 0.119. The molecule has 1 aromatic carbocycles. The van der Waals surface area contributed by atoms with Crippen molar-refractivity contribution in [2.24, 2.45) is 0 Å². The van der Waals surface area contributed by atoms with E-state index in [1.807, 2.05) is 0 Å². The van der Waals surface area contributed by atoms with Gasteiger partial charge < -0.3 is 10.0 Å². The molecule has 0 aliphatic heterocycles. The molecule has 134 valence electrons. The summed E-state index contributed by atoms with van der Waals surface area (Å²) in [6, 6.07) is 3.50. The lowest BCUT2D eigenvalue weighted by Gasteiger charge is -2.21. The van der Waals surface area contributed by atoms with Crippen LogP contribution in [0.2, 0.25) is 0 Å². The molecule has 2 aromatic rings. The van der Waals surface area contributed by atoms with Crippen LogP contribution in [0.1, 0.15) is 28.5 Å². The number of hydrogen-bond donors (Lipinski definition) is 1. The van der Waals surface area contributed by atoms with E-state index >= 15 is 0 Å². The molecule has 1 heterocycles. The Kier molecular flexibility index (Phi) is 4.87. The van der Waals surface area contributed by atoms with E-state index in [1.165, 1.54) is 43.9 Å². The minimum Gasteiger partial charge on any atom is -0.480 e. The first-order chi connectivity index (χ1) is 11.5. The number of carbonyl (C=O) groups excluding carboxylic acids is 1. The normalized spacial score (nSPS) is 12.7. The van der Waals surface area contributed by atoms with Gasteiger partial charge in [0.15, 0.2) is 0 Å². The van der Waals surface area contributed by atoms with Crippen molar-refractivity contribution in [3.05, 3.63) is 47.3 Å². The Morgan fingerprint density at radius 3 is 2.52 bits per heavy atom. The molecule has 6 nitrogen and oxygen atoms in total. The minimum atomic E-state index is -4.49. The molecule has 0 radical (unpaired) electrons. The molecule has 0 bridgehead atoms. The van der Waals surface area contributed by atoms with Crippen molar-refractivity contribution in [3.8, 4) is 5.69 Å². The number of alkyl halides is 3. The maximum absolute atomic E-state index is 12.8. The summed E-state index contributed by atoms with van der Waals surface area (Å²) in [4.78, 5) is 24.4. The van der Waals surface area contributed by atoms with Crippen LogP contribution in [0.3, 0.4) is 0 Å². The Morgan fingerprint density at radius 2 is 1.96 bits per heavy atom. The van der Waals surface area contributed by atoms with Gasteiger partial charge in [-0.15, -0.1) is 0 Å². The van der Waals surface area contributed by atoms with Gasteiger partial charge in [0.05, 0.1) is 28.7 Å². The first-order valence-electron chi connectivity index (χ1n) is 7.26. The molecule has 1 aromatic heterocycles. The number of nitrogens with zero attached hydrogens (tertiary/aromatic N) is 3. The van der Waals surface area contributed by atoms with Gasteiger partial charge >= 0.3 is 12.1 Å². The fourth-order valence-electron chi connectivity index (χ4n) is 2.23. The van der Waals surface area contributed by atoms with Crippen LogP contribution in [0.15, 0.2) is 30.5 Å². The molecule has 1 unspecified atom stereocenters. The van der Waals surface area contributed by atoms with E-state index in [4.69, 9.17) is 5.11 Å². The van der Waals surface area contributed by atoms with Crippen molar-refractivity contribution >= 4 is 11.9 Å². The van der Waals surface area contributed by atoms with Crippen molar-refractivity contribution in [2.75, 3.05) is 7.05 Å². The lowest BCUT2D eigenvalue weighted by molar-refractivity contribution is -0.141. The smallest absolute Gasteiger partial charge is 0.416 e. The van der Waals surface area contributed by atoms with Crippen LogP contribution in [-0.4, -0.2) is 44.8 Å². The maximum atomic E-state index is 12.8. The second-order valence-corrected chi connectivity index (χ2v) is 5.53. The van der Waals surface area contributed by atoms with E-state index < -0.39 is 29.7 Å².